The summed E-state index contributed by atoms with van der Waals surface area (Å²) in [7, 11) is -2.69. The van der Waals surface area contributed by atoms with Crippen molar-refractivity contribution in [3.63, 3.8) is 0 Å². The fourth-order valence-electron chi connectivity index (χ4n) is 2.57. The molecule has 0 aromatic rings. The predicted octanol–water partition coefficient (Wildman–Crippen LogP) is 2.20. The summed E-state index contributed by atoms with van der Waals surface area (Å²) in [6.07, 6.45) is 6.20. The summed E-state index contributed by atoms with van der Waals surface area (Å²) in [6.45, 7) is 2.45. The van der Waals surface area contributed by atoms with Crippen LogP contribution in [-0.2, 0) is 9.09 Å². The highest BCUT2D eigenvalue weighted by atomic mass is 31.2. The summed E-state index contributed by atoms with van der Waals surface area (Å²) in [6, 6.07) is 0. The van der Waals surface area contributed by atoms with Crippen LogP contribution in [-0.4, -0.2) is 36.7 Å². The van der Waals surface area contributed by atoms with Crippen molar-refractivity contribution in [3.05, 3.63) is 0 Å². The van der Waals surface area contributed by atoms with E-state index < -0.39 is 13.5 Å². The second kappa shape index (κ2) is 7.52. The molecule has 1 saturated carbocycles. The maximum Gasteiger partial charge on any atom is 0.206 e. The smallest absolute Gasteiger partial charge is 0.206 e. The average molecular weight is 263 g/mol. The van der Waals surface area contributed by atoms with E-state index >= 15 is 0 Å². The Kier molecular flexibility index (Phi) is 6.71. The van der Waals surface area contributed by atoms with Crippen LogP contribution in [0.25, 0.3) is 0 Å². The van der Waals surface area contributed by atoms with Crippen molar-refractivity contribution in [1.82, 2.24) is 0 Å². The van der Waals surface area contributed by atoms with Crippen LogP contribution in [0, 0.1) is 5.92 Å². The van der Waals surface area contributed by atoms with E-state index in [1.54, 1.807) is 0 Å². The summed E-state index contributed by atoms with van der Waals surface area (Å²) in [4.78, 5) is 0. The fraction of sp³-hybridized carbons (Fsp3) is 1.00. The van der Waals surface area contributed by atoms with E-state index in [4.69, 9.17) is 10.3 Å². The molecule has 0 amide bonds. The molecule has 0 saturated heterocycles. The monoisotopic (exact) mass is 263 g/mol. The van der Waals surface area contributed by atoms with Gasteiger partial charge in [0.1, 0.15) is 0 Å². The topological polar surface area (TPSA) is 72.5 Å². The second-order valence-electron chi connectivity index (χ2n) is 4.99. The van der Waals surface area contributed by atoms with Crippen molar-refractivity contribution < 1.29 is 14.2 Å². The lowest BCUT2D eigenvalue weighted by Crippen LogP contribution is -2.26. The Morgan fingerprint density at radius 2 is 2.06 bits per heavy atom. The Hall–Kier alpha value is 0.110. The van der Waals surface area contributed by atoms with E-state index in [0.29, 0.717) is 18.7 Å². The molecule has 0 bridgehead atoms. The average Bonchev–Trinajstić information content (AvgIpc) is 2.30. The summed E-state index contributed by atoms with van der Waals surface area (Å²) in [5.41, 5.74) is 5.38. The molecule has 1 aliphatic carbocycles. The van der Waals surface area contributed by atoms with Crippen molar-refractivity contribution in [1.29, 1.82) is 0 Å². The molecule has 1 unspecified atom stereocenters. The molecule has 0 aromatic heterocycles. The van der Waals surface area contributed by atoms with Gasteiger partial charge in [-0.25, -0.2) is 0 Å². The van der Waals surface area contributed by atoms with Crippen LogP contribution in [0.1, 0.15) is 39.0 Å². The van der Waals surface area contributed by atoms with Crippen LogP contribution in [0.3, 0.4) is 0 Å². The number of nitrogens with two attached hydrogens (primary N) is 1. The minimum Gasteiger partial charge on any atom is -0.391 e. The van der Waals surface area contributed by atoms with Gasteiger partial charge in [-0.2, -0.15) is 0 Å². The van der Waals surface area contributed by atoms with E-state index in [2.05, 4.69) is 0 Å². The molecule has 5 heteroatoms. The van der Waals surface area contributed by atoms with E-state index in [1.165, 1.54) is 19.3 Å². The van der Waals surface area contributed by atoms with E-state index in [-0.39, 0.29) is 12.7 Å². The maximum absolute atomic E-state index is 12.6. The molecule has 2 atom stereocenters. The number of hydrogen-bond acceptors (Lipinski definition) is 4. The molecule has 102 valence electrons. The van der Waals surface area contributed by atoms with Crippen LogP contribution in [0.15, 0.2) is 0 Å². The molecule has 4 nitrogen and oxygen atoms in total. The molecule has 0 spiro atoms. The third kappa shape index (κ3) is 5.52. The summed E-state index contributed by atoms with van der Waals surface area (Å²) >= 11 is 0. The lowest BCUT2D eigenvalue weighted by atomic mass is 9.91. The quantitative estimate of drug-likeness (QED) is 0.691. The molecular weight excluding hydrogens is 237 g/mol. The summed E-state index contributed by atoms with van der Waals surface area (Å²) < 4.78 is 18.1. The fourth-order valence-corrected chi connectivity index (χ4v) is 5.35. The molecule has 1 rings (SSSR count). The van der Waals surface area contributed by atoms with Gasteiger partial charge >= 0.3 is 0 Å². The Balaban J connectivity index is 2.53. The molecule has 1 fully saturated rings. The van der Waals surface area contributed by atoms with Gasteiger partial charge in [0, 0.05) is 12.7 Å². The zero-order valence-corrected chi connectivity index (χ0v) is 11.7. The first kappa shape index (κ1) is 15.2. The Bertz CT molecular complexity index is 254. The largest absolute Gasteiger partial charge is 0.391 e. The third-order valence-electron chi connectivity index (χ3n) is 3.39. The zero-order valence-electron chi connectivity index (χ0n) is 10.8. The van der Waals surface area contributed by atoms with Crippen molar-refractivity contribution in [2.45, 2.75) is 45.1 Å². The Morgan fingerprint density at radius 1 is 1.41 bits per heavy atom. The molecule has 0 radical (unpaired) electrons. The van der Waals surface area contributed by atoms with Crippen molar-refractivity contribution in [2.24, 2.45) is 11.7 Å². The lowest BCUT2D eigenvalue weighted by molar-refractivity contribution is 0.197. The zero-order chi connectivity index (χ0) is 12.7. The van der Waals surface area contributed by atoms with Gasteiger partial charge in [0.05, 0.1) is 18.9 Å². The van der Waals surface area contributed by atoms with Crippen molar-refractivity contribution >= 4 is 7.37 Å². The summed E-state index contributed by atoms with van der Waals surface area (Å²) in [5.74, 6) is 0.506. The van der Waals surface area contributed by atoms with E-state index in [1.807, 2.05) is 6.92 Å². The standard InChI is InChI=1S/C12H26NO3P/c1-2-16-17(15,10-12(14)8-13)9-11-6-4-3-5-7-11/h11-12,14H,2-10,13H2,1H3/t12-,17?/m0/s1. The minimum atomic E-state index is -2.69. The first-order valence-corrected chi connectivity index (χ1v) is 8.70. The van der Waals surface area contributed by atoms with Crippen LogP contribution >= 0.6 is 7.37 Å². The van der Waals surface area contributed by atoms with Crippen LogP contribution in [0.5, 0.6) is 0 Å². The SMILES string of the molecule is CCOP(=O)(CC1CCCCC1)C[C@@H](O)CN. The number of aliphatic hydroxyl groups is 1. The van der Waals surface area contributed by atoms with Crippen LogP contribution in [0.4, 0.5) is 0 Å². The highest BCUT2D eigenvalue weighted by molar-refractivity contribution is 7.59. The van der Waals surface area contributed by atoms with Crippen LogP contribution in [0.2, 0.25) is 0 Å². The van der Waals surface area contributed by atoms with Crippen molar-refractivity contribution in [2.75, 3.05) is 25.5 Å². The van der Waals surface area contributed by atoms with Gasteiger partial charge < -0.3 is 15.4 Å². The molecule has 1 aliphatic rings. The van der Waals surface area contributed by atoms with Gasteiger partial charge in [-0.15, -0.1) is 0 Å². The number of aliphatic hydroxyl groups excluding tert-OH is 1. The first-order chi connectivity index (χ1) is 8.09. The predicted molar refractivity (Wildman–Crippen MR) is 70.6 cm³/mol. The van der Waals surface area contributed by atoms with Crippen LogP contribution < -0.4 is 5.73 Å². The van der Waals surface area contributed by atoms with Gasteiger partial charge in [0.15, 0.2) is 0 Å². The summed E-state index contributed by atoms with van der Waals surface area (Å²) in [5, 5.41) is 9.57. The molecule has 0 aliphatic heterocycles. The van der Waals surface area contributed by atoms with Crippen molar-refractivity contribution in [3.8, 4) is 0 Å². The molecule has 3 N–H and O–H groups in total. The van der Waals surface area contributed by atoms with Gasteiger partial charge in [0.25, 0.3) is 0 Å². The van der Waals surface area contributed by atoms with E-state index in [0.717, 1.165) is 12.8 Å². The van der Waals surface area contributed by atoms with Gasteiger partial charge in [-0.05, 0) is 25.7 Å². The third-order valence-corrected chi connectivity index (χ3v) is 6.17. The molecule has 0 heterocycles. The minimum absolute atomic E-state index is 0.154. The van der Waals surface area contributed by atoms with Gasteiger partial charge in [-0.1, -0.05) is 19.3 Å². The number of rotatable bonds is 7. The highest BCUT2D eigenvalue weighted by Crippen LogP contribution is 2.50. The Morgan fingerprint density at radius 3 is 2.59 bits per heavy atom. The molecule has 17 heavy (non-hydrogen) atoms. The second-order valence-corrected chi connectivity index (χ2v) is 7.61. The van der Waals surface area contributed by atoms with Gasteiger partial charge in [-0.3, -0.25) is 4.57 Å². The molecule has 0 aromatic carbocycles. The highest BCUT2D eigenvalue weighted by Gasteiger charge is 2.30. The van der Waals surface area contributed by atoms with Gasteiger partial charge in [0.2, 0.25) is 7.37 Å². The molecular formula is C12H26NO3P. The first-order valence-electron chi connectivity index (χ1n) is 6.70. The lowest BCUT2D eigenvalue weighted by Gasteiger charge is -2.27. The number of hydrogen-bond donors (Lipinski definition) is 2. The van der Waals surface area contributed by atoms with E-state index in [9.17, 15) is 9.67 Å². The maximum atomic E-state index is 12.6. The normalized spacial score (nSPS) is 23.2. The Labute approximate surface area is 104 Å².